The minimum atomic E-state index is -0.424. The summed E-state index contributed by atoms with van der Waals surface area (Å²) in [6, 6.07) is 0. The summed E-state index contributed by atoms with van der Waals surface area (Å²) in [6.45, 7) is 1.31. The molecular formula is C7H7NO3. The highest BCUT2D eigenvalue weighted by Gasteiger charge is 2.16. The van der Waals surface area contributed by atoms with Gasteiger partial charge in [0, 0.05) is 6.21 Å². The zero-order chi connectivity index (χ0) is 8.43. The number of aliphatic hydroxyl groups excluding tert-OH is 1. The van der Waals surface area contributed by atoms with E-state index in [0.29, 0.717) is 0 Å². The second-order valence-corrected chi connectivity index (χ2v) is 2.25. The molecule has 1 rings (SSSR count). The molecule has 0 radical (unpaired) electrons. The van der Waals surface area contributed by atoms with E-state index in [4.69, 9.17) is 5.11 Å². The topological polar surface area (TPSA) is 66.7 Å². The summed E-state index contributed by atoms with van der Waals surface area (Å²) in [5.41, 5.74) is 0.129. The maximum Gasteiger partial charge on any atom is 0.253 e. The van der Waals surface area contributed by atoms with Gasteiger partial charge in [0.05, 0.1) is 12.0 Å². The third-order valence-corrected chi connectivity index (χ3v) is 1.35. The van der Waals surface area contributed by atoms with Crippen LogP contribution in [0.15, 0.2) is 16.3 Å². The predicted molar refractivity (Wildman–Crippen MR) is 38.5 cm³/mol. The van der Waals surface area contributed by atoms with Crippen LogP contribution in [0.3, 0.4) is 0 Å². The Balaban J connectivity index is 2.97. The van der Waals surface area contributed by atoms with Crippen LogP contribution in [-0.2, 0) is 9.59 Å². The molecule has 0 aromatic rings. The standard InChI is InChI=1S/C7H7NO3/c1-4(9)5-3-8-7(11)2-6(5)10/h3,10H,2H2,1H3. The lowest BCUT2D eigenvalue weighted by molar-refractivity contribution is -0.117. The highest BCUT2D eigenvalue weighted by Crippen LogP contribution is 2.10. The SMILES string of the molecule is CC(=O)C1=C(O)CC(=O)N=C1. The average molecular weight is 153 g/mol. The highest BCUT2D eigenvalue weighted by molar-refractivity contribution is 6.16. The van der Waals surface area contributed by atoms with E-state index in [0.717, 1.165) is 6.21 Å². The van der Waals surface area contributed by atoms with E-state index >= 15 is 0 Å². The van der Waals surface area contributed by atoms with Crippen molar-refractivity contribution in [2.24, 2.45) is 4.99 Å². The molecule has 4 heteroatoms. The first-order chi connectivity index (χ1) is 5.11. The number of hydrogen-bond donors (Lipinski definition) is 1. The minimum Gasteiger partial charge on any atom is -0.511 e. The molecule has 11 heavy (non-hydrogen) atoms. The Morgan fingerprint density at radius 3 is 2.82 bits per heavy atom. The van der Waals surface area contributed by atoms with Gasteiger partial charge < -0.3 is 5.11 Å². The summed E-state index contributed by atoms with van der Waals surface area (Å²) < 4.78 is 0. The molecular weight excluding hydrogens is 146 g/mol. The van der Waals surface area contributed by atoms with Gasteiger partial charge in [0.1, 0.15) is 5.76 Å². The number of ketones is 1. The van der Waals surface area contributed by atoms with E-state index in [1.807, 2.05) is 0 Å². The molecule has 1 aliphatic heterocycles. The maximum atomic E-state index is 10.7. The van der Waals surface area contributed by atoms with Crippen molar-refractivity contribution < 1.29 is 14.7 Å². The number of carbonyl (C=O) groups excluding carboxylic acids is 2. The third-order valence-electron chi connectivity index (χ3n) is 1.35. The molecule has 0 aliphatic carbocycles. The molecule has 1 amide bonds. The van der Waals surface area contributed by atoms with Crippen molar-refractivity contribution in [2.75, 3.05) is 0 Å². The van der Waals surface area contributed by atoms with Crippen molar-refractivity contribution in [3.63, 3.8) is 0 Å². The Morgan fingerprint density at radius 2 is 2.36 bits per heavy atom. The Morgan fingerprint density at radius 1 is 1.73 bits per heavy atom. The lowest BCUT2D eigenvalue weighted by Gasteiger charge is -2.05. The van der Waals surface area contributed by atoms with Crippen LogP contribution in [0.4, 0.5) is 0 Å². The van der Waals surface area contributed by atoms with Crippen LogP contribution in [0.25, 0.3) is 0 Å². The summed E-state index contributed by atoms with van der Waals surface area (Å²) in [4.78, 5) is 24.6. The molecule has 0 spiro atoms. The summed E-state index contributed by atoms with van der Waals surface area (Å²) >= 11 is 0. The molecule has 0 aromatic heterocycles. The Kier molecular flexibility index (Phi) is 1.85. The van der Waals surface area contributed by atoms with Crippen molar-refractivity contribution in [2.45, 2.75) is 13.3 Å². The van der Waals surface area contributed by atoms with Gasteiger partial charge in [-0.15, -0.1) is 0 Å². The number of aliphatic hydroxyl groups is 1. The van der Waals surface area contributed by atoms with Gasteiger partial charge in [0.25, 0.3) is 5.91 Å². The number of rotatable bonds is 1. The average Bonchev–Trinajstić information content (AvgIpc) is 1.85. The van der Waals surface area contributed by atoms with Crippen LogP contribution in [-0.4, -0.2) is 23.0 Å². The first-order valence-electron chi connectivity index (χ1n) is 3.11. The van der Waals surface area contributed by atoms with Gasteiger partial charge in [0.2, 0.25) is 0 Å². The normalized spacial score (nSPS) is 17.4. The van der Waals surface area contributed by atoms with E-state index < -0.39 is 5.91 Å². The van der Waals surface area contributed by atoms with Gasteiger partial charge in [-0.05, 0) is 6.92 Å². The van der Waals surface area contributed by atoms with Crippen molar-refractivity contribution in [1.82, 2.24) is 0 Å². The Labute approximate surface area is 63.2 Å². The fraction of sp³-hybridized carbons (Fsp3) is 0.286. The number of Topliss-reactive ketones (excluding diaryl/α,β-unsaturated/α-hetero) is 1. The van der Waals surface area contributed by atoms with E-state index in [1.54, 1.807) is 0 Å². The van der Waals surface area contributed by atoms with Crippen LogP contribution < -0.4 is 0 Å². The number of amides is 1. The van der Waals surface area contributed by atoms with Gasteiger partial charge in [-0.25, -0.2) is 4.99 Å². The summed E-state index contributed by atoms with van der Waals surface area (Å²) in [6.07, 6.45) is 0.939. The second-order valence-electron chi connectivity index (χ2n) is 2.25. The van der Waals surface area contributed by atoms with E-state index in [2.05, 4.69) is 4.99 Å². The Hall–Kier alpha value is -1.45. The molecule has 0 bridgehead atoms. The van der Waals surface area contributed by atoms with E-state index in [1.165, 1.54) is 6.92 Å². The number of dihydropyridines is 1. The molecule has 0 fully saturated rings. The van der Waals surface area contributed by atoms with Gasteiger partial charge in [-0.1, -0.05) is 0 Å². The van der Waals surface area contributed by atoms with E-state index in [9.17, 15) is 9.59 Å². The lowest BCUT2D eigenvalue weighted by atomic mass is 10.1. The van der Waals surface area contributed by atoms with Crippen LogP contribution in [0.1, 0.15) is 13.3 Å². The van der Waals surface area contributed by atoms with Gasteiger partial charge in [-0.2, -0.15) is 0 Å². The predicted octanol–water partition coefficient (Wildman–Crippen LogP) is 0.389. The molecule has 58 valence electrons. The van der Waals surface area contributed by atoms with Gasteiger partial charge in [0.15, 0.2) is 5.78 Å². The fourth-order valence-electron chi connectivity index (χ4n) is 0.789. The molecule has 0 saturated carbocycles. The molecule has 0 aromatic carbocycles. The van der Waals surface area contributed by atoms with Crippen LogP contribution >= 0.6 is 0 Å². The molecule has 1 aliphatic rings. The fourth-order valence-corrected chi connectivity index (χ4v) is 0.789. The smallest absolute Gasteiger partial charge is 0.253 e. The quantitative estimate of drug-likeness (QED) is 0.592. The number of carbonyl (C=O) groups is 2. The van der Waals surface area contributed by atoms with Crippen molar-refractivity contribution in [3.8, 4) is 0 Å². The molecule has 0 saturated heterocycles. The van der Waals surface area contributed by atoms with Crippen molar-refractivity contribution >= 4 is 17.9 Å². The number of aliphatic imine (C=N–C) groups is 1. The largest absolute Gasteiger partial charge is 0.511 e. The molecule has 0 atom stereocenters. The third kappa shape index (κ3) is 1.52. The van der Waals surface area contributed by atoms with E-state index in [-0.39, 0.29) is 23.5 Å². The zero-order valence-corrected chi connectivity index (χ0v) is 6.00. The second kappa shape index (κ2) is 2.65. The maximum absolute atomic E-state index is 10.7. The van der Waals surface area contributed by atoms with Gasteiger partial charge in [-0.3, -0.25) is 9.59 Å². The monoisotopic (exact) mass is 153 g/mol. The van der Waals surface area contributed by atoms with Gasteiger partial charge >= 0.3 is 0 Å². The summed E-state index contributed by atoms with van der Waals surface area (Å²) in [7, 11) is 0. The van der Waals surface area contributed by atoms with Crippen molar-refractivity contribution in [3.05, 3.63) is 11.3 Å². The van der Waals surface area contributed by atoms with Crippen LogP contribution in [0.5, 0.6) is 0 Å². The first kappa shape index (κ1) is 7.65. The number of nitrogens with zero attached hydrogens (tertiary/aromatic N) is 1. The first-order valence-corrected chi connectivity index (χ1v) is 3.11. The van der Waals surface area contributed by atoms with Crippen LogP contribution in [0, 0.1) is 0 Å². The molecule has 4 nitrogen and oxygen atoms in total. The number of allylic oxidation sites excluding steroid dienone is 1. The zero-order valence-electron chi connectivity index (χ0n) is 6.00. The molecule has 0 unspecified atom stereocenters. The summed E-state index contributed by atoms with van der Waals surface area (Å²) in [5, 5.41) is 9.06. The minimum absolute atomic E-state index is 0.129. The highest BCUT2D eigenvalue weighted by atomic mass is 16.3. The number of hydrogen-bond acceptors (Lipinski definition) is 3. The Bertz CT molecular complexity index is 275. The molecule has 1 heterocycles. The molecule has 1 N–H and O–H groups in total. The van der Waals surface area contributed by atoms with Crippen molar-refractivity contribution in [1.29, 1.82) is 0 Å². The lowest BCUT2D eigenvalue weighted by Crippen LogP contribution is -2.11. The van der Waals surface area contributed by atoms with Crippen LogP contribution in [0.2, 0.25) is 0 Å². The summed E-state index contributed by atoms with van der Waals surface area (Å²) in [5.74, 6) is -0.885.